The van der Waals surface area contributed by atoms with Crippen LogP contribution in [-0.4, -0.2) is 10.9 Å². The van der Waals surface area contributed by atoms with Crippen molar-refractivity contribution in [2.24, 2.45) is 0 Å². The summed E-state index contributed by atoms with van der Waals surface area (Å²) in [5.41, 5.74) is 8.21. The van der Waals surface area contributed by atoms with Crippen molar-refractivity contribution < 1.29 is 4.79 Å². The highest BCUT2D eigenvalue weighted by Gasteiger charge is 2.08. The molecule has 4 heteroatoms. The first-order chi connectivity index (χ1) is 8.16. The fourth-order valence-electron chi connectivity index (χ4n) is 1.44. The third-order valence-corrected chi connectivity index (χ3v) is 2.37. The summed E-state index contributed by atoms with van der Waals surface area (Å²) in [6.45, 7) is 1.89. The summed E-state index contributed by atoms with van der Waals surface area (Å²) in [5, 5.41) is 2.74. The number of aryl methyl sites for hydroxylation is 1. The van der Waals surface area contributed by atoms with Gasteiger partial charge in [0.1, 0.15) is 0 Å². The number of carbonyl (C=O) groups excluding carboxylic acids is 1. The lowest BCUT2D eigenvalue weighted by Crippen LogP contribution is -2.14. The van der Waals surface area contributed by atoms with E-state index in [0.29, 0.717) is 16.9 Å². The van der Waals surface area contributed by atoms with Gasteiger partial charge < -0.3 is 11.1 Å². The molecule has 4 nitrogen and oxygen atoms in total. The monoisotopic (exact) mass is 227 g/mol. The third kappa shape index (κ3) is 2.60. The van der Waals surface area contributed by atoms with E-state index in [9.17, 15) is 4.79 Å². The maximum Gasteiger partial charge on any atom is 0.257 e. The highest BCUT2D eigenvalue weighted by atomic mass is 16.1. The van der Waals surface area contributed by atoms with E-state index in [1.165, 1.54) is 0 Å². The van der Waals surface area contributed by atoms with Crippen molar-refractivity contribution in [3.8, 4) is 0 Å². The van der Waals surface area contributed by atoms with Crippen LogP contribution in [0.4, 0.5) is 11.4 Å². The summed E-state index contributed by atoms with van der Waals surface area (Å²) in [7, 11) is 0. The second-order valence-electron chi connectivity index (χ2n) is 3.73. The van der Waals surface area contributed by atoms with Crippen LogP contribution in [0.2, 0.25) is 0 Å². The van der Waals surface area contributed by atoms with Crippen molar-refractivity contribution in [1.29, 1.82) is 0 Å². The maximum atomic E-state index is 11.9. The van der Waals surface area contributed by atoms with Gasteiger partial charge in [-0.1, -0.05) is 12.1 Å². The van der Waals surface area contributed by atoms with Gasteiger partial charge in [0.2, 0.25) is 0 Å². The summed E-state index contributed by atoms with van der Waals surface area (Å²) < 4.78 is 0. The fraction of sp³-hybridized carbons (Fsp3) is 0.0769. The van der Waals surface area contributed by atoms with E-state index < -0.39 is 0 Å². The molecule has 0 bridgehead atoms. The standard InChI is InChI=1S/C13H13N3O/c1-9-6-7-10(8-15-9)16-13(17)11-4-2-3-5-12(11)14/h2-8H,14H2,1H3,(H,16,17). The van der Waals surface area contributed by atoms with Gasteiger partial charge in [0, 0.05) is 11.4 Å². The molecule has 1 aromatic heterocycles. The molecular formula is C13H13N3O. The molecule has 0 unspecified atom stereocenters. The van der Waals surface area contributed by atoms with Gasteiger partial charge >= 0.3 is 0 Å². The minimum atomic E-state index is -0.228. The summed E-state index contributed by atoms with van der Waals surface area (Å²) in [6.07, 6.45) is 1.62. The van der Waals surface area contributed by atoms with Gasteiger partial charge in [0.05, 0.1) is 17.4 Å². The zero-order valence-corrected chi connectivity index (χ0v) is 9.47. The van der Waals surface area contributed by atoms with Gasteiger partial charge in [-0.2, -0.15) is 0 Å². The number of nitrogens with two attached hydrogens (primary N) is 1. The summed E-state index contributed by atoms with van der Waals surface area (Å²) >= 11 is 0. The quantitative estimate of drug-likeness (QED) is 0.773. The number of aromatic nitrogens is 1. The molecule has 0 atom stereocenters. The number of anilines is 2. The van der Waals surface area contributed by atoms with Gasteiger partial charge in [-0.3, -0.25) is 9.78 Å². The van der Waals surface area contributed by atoms with Crippen molar-refractivity contribution in [1.82, 2.24) is 4.98 Å². The second kappa shape index (κ2) is 4.65. The Balaban J connectivity index is 2.17. The summed E-state index contributed by atoms with van der Waals surface area (Å²) in [5.74, 6) is -0.228. The number of benzene rings is 1. The highest BCUT2D eigenvalue weighted by molar-refractivity contribution is 6.07. The number of nitrogen functional groups attached to an aromatic ring is 1. The Hall–Kier alpha value is -2.36. The van der Waals surface area contributed by atoms with E-state index in [-0.39, 0.29) is 5.91 Å². The van der Waals surface area contributed by atoms with Crippen LogP contribution in [0.25, 0.3) is 0 Å². The van der Waals surface area contributed by atoms with Crippen molar-refractivity contribution in [2.45, 2.75) is 6.92 Å². The zero-order valence-electron chi connectivity index (χ0n) is 9.47. The van der Waals surface area contributed by atoms with E-state index in [4.69, 9.17) is 5.73 Å². The zero-order chi connectivity index (χ0) is 12.3. The highest BCUT2D eigenvalue weighted by Crippen LogP contribution is 2.13. The van der Waals surface area contributed by atoms with Gasteiger partial charge in [-0.05, 0) is 31.2 Å². The first-order valence-corrected chi connectivity index (χ1v) is 5.25. The van der Waals surface area contributed by atoms with Gasteiger partial charge in [0.15, 0.2) is 0 Å². The molecule has 2 aromatic rings. The van der Waals surface area contributed by atoms with Crippen molar-refractivity contribution in [3.05, 3.63) is 53.9 Å². The smallest absolute Gasteiger partial charge is 0.257 e. The molecule has 1 heterocycles. The molecule has 0 saturated heterocycles. The molecule has 2 rings (SSSR count). The predicted octanol–water partition coefficient (Wildman–Crippen LogP) is 2.22. The van der Waals surface area contributed by atoms with E-state index in [1.807, 2.05) is 13.0 Å². The molecular weight excluding hydrogens is 214 g/mol. The van der Waals surface area contributed by atoms with Crippen molar-refractivity contribution in [3.63, 3.8) is 0 Å². The molecule has 86 valence electrons. The van der Waals surface area contributed by atoms with Gasteiger partial charge in [-0.15, -0.1) is 0 Å². The first-order valence-electron chi connectivity index (χ1n) is 5.25. The topological polar surface area (TPSA) is 68.0 Å². The van der Waals surface area contributed by atoms with Gasteiger partial charge in [-0.25, -0.2) is 0 Å². The number of hydrogen-bond donors (Lipinski definition) is 2. The van der Waals surface area contributed by atoms with Crippen LogP contribution in [0.15, 0.2) is 42.6 Å². The molecule has 0 aliphatic carbocycles. The molecule has 17 heavy (non-hydrogen) atoms. The molecule has 3 N–H and O–H groups in total. The largest absolute Gasteiger partial charge is 0.398 e. The van der Waals surface area contributed by atoms with E-state index in [2.05, 4.69) is 10.3 Å². The number of amides is 1. The van der Waals surface area contributed by atoms with E-state index >= 15 is 0 Å². The minimum absolute atomic E-state index is 0.228. The minimum Gasteiger partial charge on any atom is -0.398 e. The maximum absolute atomic E-state index is 11.9. The molecule has 0 spiro atoms. The summed E-state index contributed by atoms with van der Waals surface area (Å²) in [6, 6.07) is 10.6. The Morgan fingerprint density at radius 1 is 1.24 bits per heavy atom. The normalized spacial score (nSPS) is 9.94. The average molecular weight is 227 g/mol. The number of hydrogen-bond acceptors (Lipinski definition) is 3. The molecule has 0 radical (unpaired) electrons. The molecule has 0 saturated carbocycles. The van der Waals surface area contributed by atoms with Crippen LogP contribution in [0.5, 0.6) is 0 Å². The van der Waals surface area contributed by atoms with Crippen LogP contribution in [-0.2, 0) is 0 Å². The molecule has 0 fully saturated rings. The van der Waals surface area contributed by atoms with Crippen LogP contribution in [0, 0.1) is 6.92 Å². The SMILES string of the molecule is Cc1ccc(NC(=O)c2ccccc2N)cn1. The molecule has 0 aliphatic rings. The lowest BCUT2D eigenvalue weighted by Gasteiger charge is -2.06. The molecule has 1 aromatic carbocycles. The summed E-state index contributed by atoms with van der Waals surface area (Å²) in [4.78, 5) is 16.0. The van der Waals surface area contributed by atoms with Crippen molar-refractivity contribution >= 4 is 17.3 Å². The second-order valence-corrected chi connectivity index (χ2v) is 3.73. The number of nitrogens with one attached hydrogen (secondary N) is 1. The van der Waals surface area contributed by atoms with Crippen LogP contribution in [0.1, 0.15) is 16.1 Å². The Bertz CT molecular complexity index is 535. The van der Waals surface area contributed by atoms with E-state index in [1.54, 1.807) is 36.5 Å². The molecule has 1 amide bonds. The number of para-hydroxylation sites is 1. The van der Waals surface area contributed by atoms with Crippen LogP contribution >= 0.6 is 0 Å². The number of pyridine rings is 1. The number of carbonyl (C=O) groups is 1. The Morgan fingerprint density at radius 2 is 2.00 bits per heavy atom. The van der Waals surface area contributed by atoms with Crippen LogP contribution < -0.4 is 11.1 Å². The lowest BCUT2D eigenvalue weighted by atomic mass is 10.1. The number of rotatable bonds is 2. The van der Waals surface area contributed by atoms with Gasteiger partial charge in [0.25, 0.3) is 5.91 Å². The Kier molecular flexibility index (Phi) is 3.05. The number of nitrogens with zero attached hydrogens (tertiary/aromatic N) is 1. The fourth-order valence-corrected chi connectivity index (χ4v) is 1.44. The predicted molar refractivity (Wildman–Crippen MR) is 67.8 cm³/mol. The van der Waals surface area contributed by atoms with Crippen LogP contribution in [0.3, 0.4) is 0 Å². The van der Waals surface area contributed by atoms with Crippen molar-refractivity contribution in [2.75, 3.05) is 11.1 Å². The lowest BCUT2D eigenvalue weighted by molar-refractivity contribution is 0.102. The third-order valence-electron chi connectivity index (χ3n) is 2.37. The first kappa shape index (κ1) is 11.1. The Morgan fingerprint density at radius 3 is 2.65 bits per heavy atom. The molecule has 0 aliphatic heterocycles. The Labute approximate surface area is 99.5 Å². The van der Waals surface area contributed by atoms with E-state index in [0.717, 1.165) is 5.69 Å². The average Bonchev–Trinajstić information content (AvgIpc) is 2.32.